The van der Waals surface area contributed by atoms with Crippen LogP contribution < -0.4 is 11.5 Å². The van der Waals surface area contributed by atoms with Crippen molar-refractivity contribution in [1.82, 2.24) is 14.7 Å². The maximum atomic E-state index is 12.6. The van der Waals surface area contributed by atoms with Crippen LogP contribution in [-0.4, -0.2) is 39.7 Å². The van der Waals surface area contributed by atoms with E-state index in [1.165, 1.54) is 0 Å². The molecule has 1 aromatic heterocycles. The first-order valence-electron chi connectivity index (χ1n) is 9.51. The maximum Gasteiger partial charge on any atom is 0.224 e. The normalized spacial score (nSPS) is 15.0. The van der Waals surface area contributed by atoms with Crippen LogP contribution in [0.25, 0.3) is 5.69 Å². The molecule has 0 aliphatic heterocycles. The summed E-state index contributed by atoms with van der Waals surface area (Å²) in [7, 11) is 0. The van der Waals surface area contributed by atoms with Crippen molar-refractivity contribution in [3.05, 3.63) is 47.8 Å². The average Bonchev–Trinajstić information content (AvgIpc) is 3.38. The van der Waals surface area contributed by atoms with Crippen LogP contribution in [-0.2, 0) is 11.2 Å². The molecule has 140 valence electrons. The minimum atomic E-state index is -0.0526. The molecular weight excluding hydrogens is 326 g/mol. The first kappa shape index (κ1) is 18.6. The summed E-state index contributed by atoms with van der Waals surface area (Å²) in [5.41, 5.74) is 14.4. The summed E-state index contributed by atoms with van der Waals surface area (Å²) in [6.07, 6.45) is 4.30. The quantitative estimate of drug-likeness (QED) is 0.721. The topological polar surface area (TPSA) is 90.2 Å². The summed E-state index contributed by atoms with van der Waals surface area (Å²) < 4.78 is 1.99. The smallest absolute Gasteiger partial charge is 0.224 e. The van der Waals surface area contributed by atoms with E-state index in [-0.39, 0.29) is 11.9 Å². The molecule has 1 aliphatic rings. The number of carbonyl (C=O) groups excluding carboxylic acids is 1. The number of nitrogens with two attached hydrogens (primary N) is 2. The van der Waals surface area contributed by atoms with E-state index in [4.69, 9.17) is 16.6 Å². The van der Waals surface area contributed by atoms with Crippen LogP contribution in [0.5, 0.6) is 0 Å². The lowest BCUT2D eigenvalue weighted by atomic mass is 10.1. The fourth-order valence-electron chi connectivity index (χ4n) is 3.38. The van der Waals surface area contributed by atoms with Crippen LogP contribution in [0.15, 0.2) is 36.4 Å². The van der Waals surface area contributed by atoms with Crippen molar-refractivity contribution in [3.63, 3.8) is 0 Å². The van der Waals surface area contributed by atoms with Crippen molar-refractivity contribution in [1.29, 1.82) is 0 Å². The van der Waals surface area contributed by atoms with Gasteiger partial charge in [-0.15, -0.1) is 0 Å². The van der Waals surface area contributed by atoms with Gasteiger partial charge in [-0.25, -0.2) is 4.68 Å². The molecule has 0 saturated heterocycles. The number of hydrogen-bond donors (Lipinski definition) is 2. The van der Waals surface area contributed by atoms with E-state index in [0.29, 0.717) is 25.6 Å². The van der Waals surface area contributed by atoms with E-state index in [9.17, 15) is 4.79 Å². The molecule has 3 rings (SSSR count). The molecule has 26 heavy (non-hydrogen) atoms. The second-order valence-corrected chi connectivity index (χ2v) is 6.95. The van der Waals surface area contributed by atoms with Gasteiger partial charge in [-0.2, -0.15) is 5.10 Å². The summed E-state index contributed by atoms with van der Waals surface area (Å²) in [4.78, 5) is 14.6. The highest BCUT2D eigenvalue weighted by molar-refractivity contribution is 5.77. The lowest BCUT2D eigenvalue weighted by Gasteiger charge is -2.28. The van der Waals surface area contributed by atoms with Crippen molar-refractivity contribution in [2.45, 2.75) is 51.1 Å². The molecule has 1 atom stereocenters. The van der Waals surface area contributed by atoms with Crippen molar-refractivity contribution >= 4 is 5.91 Å². The molecule has 0 bridgehead atoms. The van der Waals surface area contributed by atoms with Gasteiger partial charge in [0.1, 0.15) is 0 Å². The van der Waals surface area contributed by atoms with Gasteiger partial charge in [0.25, 0.3) is 0 Å². The molecule has 1 aromatic carbocycles. The first-order valence-corrected chi connectivity index (χ1v) is 9.51. The van der Waals surface area contributed by atoms with E-state index >= 15 is 0 Å². The summed E-state index contributed by atoms with van der Waals surface area (Å²) in [5.74, 6) is 0.125. The Labute approximate surface area is 155 Å². The van der Waals surface area contributed by atoms with Gasteiger partial charge >= 0.3 is 0 Å². The van der Waals surface area contributed by atoms with Crippen molar-refractivity contribution in [2.24, 2.45) is 11.5 Å². The van der Waals surface area contributed by atoms with Gasteiger partial charge < -0.3 is 16.4 Å². The third-order valence-electron chi connectivity index (χ3n) is 4.87. The Bertz CT molecular complexity index is 723. The maximum absolute atomic E-state index is 12.6. The van der Waals surface area contributed by atoms with E-state index in [1.54, 1.807) is 0 Å². The number of para-hydroxylation sites is 1. The molecule has 1 fully saturated rings. The van der Waals surface area contributed by atoms with Gasteiger partial charge in [0.15, 0.2) is 0 Å². The Hall–Kier alpha value is -2.18. The molecule has 0 spiro atoms. The second-order valence-electron chi connectivity index (χ2n) is 6.95. The van der Waals surface area contributed by atoms with Crippen LogP contribution in [0, 0.1) is 0 Å². The molecule has 1 saturated carbocycles. The van der Waals surface area contributed by atoms with Crippen LogP contribution in [0.1, 0.15) is 50.0 Å². The van der Waals surface area contributed by atoms with E-state index in [1.807, 2.05) is 39.9 Å². The largest absolute Gasteiger partial charge is 0.331 e. The Balaban J connectivity index is 1.91. The van der Waals surface area contributed by atoms with Crippen LogP contribution >= 0.6 is 0 Å². The summed E-state index contributed by atoms with van der Waals surface area (Å²) in [6, 6.07) is 12.5. The van der Waals surface area contributed by atoms with Gasteiger partial charge in [-0.3, -0.25) is 4.79 Å². The number of aryl methyl sites for hydroxylation is 1. The minimum Gasteiger partial charge on any atom is -0.331 e. The molecule has 6 nitrogen and oxygen atoms in total. The molecule has 1 aliphatic carbocycles. The molecule has 0 radical (unpaired) electrons. The number of aromatic nitrogens is 2. The predicted molar refractivity (Wildman–Crippen MR) is 103 cm³/mol. The van der Waals surface area contributed by atoms with Gasteiger partial charge in [0.2, 0.25) is 5.91 Å². The number of amides is 1. The number of benzene rings is 1. The molecule has 4 N–H and O–H groups in total. The summed E-state index contributed by atoms with van der Waals surface area (Å²) >= 11 is 0. The van der Waals surface area contributed by atoms with Crippen LogP contribution in [0.3, 0.4) is 0 Å². The fourth-order valence-corrected chi connectivity index (χ4v) is 3.38. The molecule has 1 amide bonds. The second kappa shape index (κ2) is 8.47. The van der Waals surface area contributed by atoms with Gasteiger partial charge in [0, 0.05) is 24.7 Å². The lowest BCUT2D eigenvalue weighted by Crippen LogP contribution is -2.36. The number of rotatable bonds is 9. The Morgan fingerprint density at radius 1 is 1.27 bits per heavy atom. The van der Waals surface area contributed by atoms with E-state index in [2.05, 4.69) is 13.0 Å². The lowest BCUT2D eigenvalue weighted by molar-refractivity contribution is -0.133. The molecule has 2 aromatic rings. The van der Waals surface area contributed by atoms with Crippen molar-refractivity contribution in [3.8, 4) is 5.69 Å². The zero-order valence-corrected chi connectivity index (χ0v) is 15.5. The number of carbonyl (C=O) groups is 1. The van der Waals surface area contributed by atoms with Gasteiger partial charge in [0.05, 0.1) is 17.4 Å². The molecular formula is C20H29N5O. The molecule has 6 heteroatoms. The zero-order chi connectivity index (χ0) is 18.5. The highest BCUT2D eigenvalue weighted by atomic mass is 16.2. The third kappa shape index (κ3) is 4.14. The molecule has 0 unspecified atom stereocenters. The molecule has 1 heterocycles. The van der Waals surface area contributed by atoms with Crippen molar-refractivity contribution < 1.29 is 4.79 Å². The first-order chi connectivity index (χ1) is 12.7. The minimum absolute atomic E-state index is 0.0526. The van der Waals surface area contributed by atoms with E-state index < -0.39 is 0 Å². The van der Waals surface area contributed by atoms with E-state index in [0.717, 1.165) is 42.8 Å². The number of nitrogens with zero attached hydrogens (tertiary/aromatic N) is 3. The van der Waals surface area contributed by atoms with Gasteiger partial charge in [-0.1, -0.05) is 18.2 Å². The van der Waals surface area contributed by atoms with Crippen LogP contribution in [0.4, 0.5) is 0 Å². The fraction of sp³-hybridized carbons (Fsp3) is 0.500. The predicted octanol–water partition coefficient (Wildman–Crippen LogP) is 2.16. The zero-order valence-electron chi connectivity index (χ0n) is 15.5. The van der Waals surface area contributed by atoms with Crippen molar-refractivity contribution in [2.75, 3.05) is 13.1 Å². The monoisotopic (exact) mass is 355 g/mol. The highest BCUT2D eigenvalue weighted by Gasteiger charge is 2.36. The Morgan fingerprint density at radius 2 is 2.00 bits per heavy atom. The summed E-state index contributed by atoms with van der Waals surface area (Å²) in [5, 5.41) is 4.86. The number of hydrogen-bond acceptors (Lipinski definition) is 4. The third-order valence-corrected chi connectivity index (χ3v) is 4.87. The SMILES string of the molecule is C[C@H](c1cc(CCCN)n(-c2ccccc2)n1)N(C(=O)CCN)C1CC1. The van der Waals surface area contributed by atoms with Gasteiger partial charge in [-0.05, 0) is 57.4 Å². The van der Waals surface area contributed by atoms with Crippen LogP contribution in [0.2, 0.25) is 0 Å². The highest BCUT2D eigenvalue weighted by Crippen LogP contribution is 2.35. The Morgan fingerprint density at radius 3 is 2.62 bits per heavy atom. The summed E-state index contributed by atoms with van der Waals surface area (Å²) in [6.45, 7) is 3.10. The Kier molecular flexibility index (Phi) is 6.06. The standard InChI is InChI=1S/C20H29N5O/c1-15(24(16-9-10-16)20(26)11-13-22)19-14-18(8-5-12-21)25(23-19)17-6-3-2-4-7-17/h2-4,6-7,14-16H,5,8-13,21-22H2,1H3/t15-/m1/s1. The average molecular weight is 355 g/mol.